The van der Waals surface area contributed by atoms with Crippen LogP contribution in [0.2, 0.25) is 0 Å². The molecule has 7 nitrogen and oxygen atoms in total. The predicted molar refractivity (Wildman–Crippen MR) is 76.0 cm³/mol. The molecule has 1 aromatic rings. The Morgan fingerprint density at radius 1 is 1.29 bits per heavy atom. The molecule has 1 aromatic carbocycles. The summed E-state index contributed by atoms with van der Waals surface area (Å²) in [5.74, 6) is -0.911. The topological polar surface area (TPSA) is 108 Å². The molecule has 1 fully saturated rings. The second kappa shape index (κ2) is 7.05. The number of ether oxygens (including phenoxy) is 2. The molecule has 2 amide bonds. The number of nitrogens with zero attached hydrogens (tertiary/aromatic N) is 1. The minimum Gasteiger partial charge on any atom is -0.398 e. The van der Waals surface area contributed by atoms with Crippen molar-refractivity contribution in [1.82, 2.24) is 4.90 Å². The van der Waals surface area contributed by atoms with Gasteiger partial charge in [-0.05, 0) is 11.6 Å². The third-order valence-electron chi connectivity index (χ3n) is 3.17. The van der Waals surface area contributed by atoms with Crippen molar-refractivity contribution in [3.63, 3.8) is 0 Å². The van der Waals surface area contributed by atoms with Gasteiger partial charge in [-0.15, -0.1) is 0 Å². The van der Waals surface area contributed by atoms with Gasteiger partial charge in [0.05, 0.1) is 26.4 Å². The Balaban J connectivity index is 2.11. The number of hydrogen-bond acceptors (Lipinski definition) is 5. The van der Waals surface area contributed by atoms with Crippen LogP contribution in [0.4, 0.5) is 5.69 Å². The van der Waals surface area contributed by atoms with Crippen molar-refractivity contribution in [2.24, 2.45) is 5.73 Å². The number of rotatable bonds is 5. The van der Waals surface area contributed by atoms with Crippen LogP contribution in [0, 0.1) is 0 Å². The quantitative estimate of drug-likeness (QED) is 0.711. The number of para-hydroxylation sites is 1. The van der Waals surface area contributed by atoms with E-state index in [2.05, 4.69) is 0 Å². The summed E-state index contributed by atoms with van der Waals surface area (Å²) in [7, 11) is 0. The fourth-order valence-corrected chi connectivity index (χ4v) is 2.12. The van der Waals surface area contributed by atoms with E-state index >= 15 is 0 Å². The van der Waals surface area contributed by atoms with Gasteiger partial charge in [0.25, 0.3) is 5.91 Å². The number of hydrogen-bond donors (Lipinski definition) is 2. The number of nitrogens with two attached hydrogens (primary N) is 2. The monoisotopic (exact) mass is 293 g/mol. The molecule has 0 radical (unpaired) electrons. The van der Waals surface area contributed by atoms with Crippen LogP contribution in [0.15, 0.2) is 24.3 Å². The highest BCUT2D eigenvalue weighted by Gasteiger charge is 2.28. The van der Waals surface area contributed by atoms with Crippen molar-refractivity contribution in [3.05, 3.63) is 29.8 Å². The minimum absolute atomic E-state index is 0.179. The molecular formula is C14H19N3O4. The molecule has 1 aliphatic rings. The maximum atomic E-state index is 12.4. The van der Waals surface area contributed by atoms with E-state index in [1.54, 1.807) is 18.2 Å². The van der Waals surface area contributed by atoms with E-state index in [0.29, 0.717) is 18.9 Å². The Labute approximate surface area is 122 Å². The summed E-state index contributed by atoms with van der Waals surface area (Å²) in [6, 6.07) is 7.16. The van der Waals surface area contributed by atoms with Gasteiger partial charge < -0.3 is 25.8 Å². The van der Waals surface area contributed by atoms with E-state index in [-0.39, 0.29) is 25.6 Å². The molecule has 7 heteroatoms. The molecule has 21 heavy (non-hydrogen) atoms. The highest BCUT2D eigenvalue weighted by molar-refractivity contribution is 5.86. The first-order valence-corrected chi connectivity index (χ1v) is 6.67. The van der Waals surface area contributed by atoms with Crippen molar-refractivity contribution in [1.29, 1.82) is 0 Å². The van der Waals surface area contributed by atoms with Crippen LogP contribution in [-0.4, -0.2) is 49.2 Å². The normalized spacial score (nSPS) is 18.2. The summed E-state index contributed by atoms with van der Waals surface area (Å²) in [6.45, 7) is 1.01. The van der Waals surface area contributed by atoms with Crippen LogP contribution < -0.4 is 11.5 Å². The molecular weight excluding hydrogens is 274 g/mol. The Morgan fingerprint density at radius 3 is 2.67 bits per heavy atom. The van der Waals surface area contributed by atoms with Crippen molar-refractivity contribution < 1.29 is 19.1 Å². The maximum absolute atomic E-state index is 12.4. The van der Waals surface area contributed by atoms with E-state index in [4.69, 9.17) is 20.9 Å². The van der Waals surface area contributed by atoms with Crippen molar-refractivity contribution in [3.8, 4) is 0 Å². The molecule has 1 unspecified atom stereocenters. The number of benzene rings is 1. The molecule has 114 valence electrons. The lowest BCUT2D eigenvalue weighted by molar-refractivity contribution is -0.159. The molecule has 0 saturated carbocycles. The largest absolute Gasteiger partial charge is 0.398 e. The fourth-order valence-electron chi connectivity index (χ4n) is 2.12. The smallest absolute Gasteiger partial charge is 0.254 e. The fraction of sp³-hybridized carbons (Fsp3) is 0.429. The zero-order valence-electron chi connectivity index (χ0n) is 11.7. The molecule has 0 aliphatic carbocycles. The van der Waals surface area contributed by atoms with Crippen molar-refractivity contribution in [2.75, 3.05) is 32.1 Å². The summed E-state index contributed by atoms with van der Waals surface area (Å²) in [4.78, 5) is 25.0. The highest BCUT2D eigenvalue weighted by atomic mass is 16.6. The van der Waals surface area contributed by atoms with Crippen LogP contribution in [0.1, 0.15) is 5.56 Å². The average Bonchev–Trinajstić information content (AvgIpc) is 2.48. The summed E-state index contributed by atoms with van der Waals surface area (Å²) in [5.41, 5.74) is 12.4. The number of carbonyl (C=O) groups excluding carboxylic acids is 2. The lowest BCUT2D eigenvalue weighted by atomic mass is 10.1. The van der Waals surface area contributed by atoms with Gasteiger partial charge in [0.1, 0.15) is 0 Å². The van der Waals surface area contributed by atoms with Crippen LogP contribution in [0.25, 0.3) is 0 Å². The van der Waals surface area contributed by atoms with Gasteiger partial charge in [0.15, 0.2) is 6.10 Å². The molecule has 2 rings (SSSR count). The van der Waals surface area contributed by atoms with E-state index in [9.17, 15) is 9.59 Å². The van der Waals surface area contributed by atoms with E-state index in [1.165, 1.54) is 4.90 Å². The van der Waals surface area contributed by atoms with Gasteiger partial charge in [-0.3, -0.25) is 9.59 Å². The molecule has 0 bridgehead atoms. The average molecular weight is 293 g/mol. The number of primary amides is 1. The zero-order chi connectivity index (χ0) is 15.2. The molecule has 0 aromatic heterocycles. The Bertz CT molecular complexity index is 515. The van der Waals surface area contributed by atoms with Crippen molar-refractivity contribution in [2.45, 2.75) is 12.6 Å². The molecule has 0 spiro atoms. The third-order valence-corrected chi connectivity index (χ3v) is 3.17. The summed E-state index contributed by atoms with van der Waals surface area (Å²) in [6.07, 6.45) is -0.706. The highest BCUT2D eigenvalue weighted by Crippen LogP contribution is 2.15. The van der Waals surface area contributed by atoms with Crippen LogP contribution in [0.3, 0.4) is 0 Å². The second-order valence-electron chi connectivity index (χ2n) is 4.79. The molecule has 1 saturated heterocycles. The number of amides is 2. The van der Waals surface area contributed by atoms with E-state index in [0.717, 1.165) is 5.56 Å². The predicted octanol–water partition coefficient (Wildman–Crippen LogP) is -0.502. The molecule has 1 atom stereocenters. The number of nitrogen functional groups attached to an aromatic ring is 1. The van der Waals surface area contributed by atoms with Gasteiger partial charge in [-0.2, -0.15) is 0 Å². The Kier molecular flexibility index (Phi) is 5.13. The van der Waals surface area contributed by atoms with Crippen LogP contribution >= 0.6 is 0 Å². The second-order valence-corrected chi connectivity index (χ2v) is 4.79. The summed E-state index contributed by atoms with van der Waals surface area (Å²) < 4.78 is 10.6. The van der Waals surface area contributed by atoms with E-state index in [1.807, 2.05) is 6.07 Å². The third kappa shape index (κ3) is 4.17. The standard InChI is InChI=1S/C14H19N3O4/c15-11-4-2-1-3-10(11)7-17(8-13(16)18)14(19)12-9-20-5-6-21-12/h1-4,12H,5-9,15H2,(H2,16,18). The minimum atomic E-state index is -0.706. The lowest BCUT2D eigenvalue weighted by Crippen LogP contribution is -2.47. The maximum Gasteiger partial charge on any atom is 0.254 e. The van der Waals surface area contributed by atoms with Gasteiger partial charge in [0, 0.05) is 12.2 Å². The van der Waals surface area contributed by atoms with Crippen LogP contribution in [-0.2, 0) is 25.6 Å². The van der Waals surface area contributed by atoms with Crippen molar-refractivity contribution >= 4 is 17.5 Å². The first kappa shape index (κ1) is 15.3. The molecule has 4 N–H and O–H groups in total. The van der Waals surface area contributed by atoms with E-state index < -0.39 is 12.0 Å². The van der Waals surface area contributed by atoms with Gasteiger partial charge in [-0.1, -0.05) is 18.2 Å². The molecule has 1 heterocycles. The first-order valence-electron chi connectivity index (χ1n) is 6.67. The van der Waals surface area contributed by atoms with Gasteiger partial charge in [0.2, 0.25) is 5.91 Å². The Hall–Kier alpha value is -2.12. The lowest BCUT2D eigenvalue weighted by Gasteiger charge is -2.29. The summed E-state index contributed by atoms with van der Waals surface area (Å²) >= 11 is 0. The van der Waals surface area contributed by atoms with Crippen LogP contribution in [0.5, 0.6) is 0 Å². The SMILES string of the molecule is NC(=O)CN(Cc1ccccc1N)C(=O)C1COCCO1. The number of carbonyl (C=O) groups is 2. The number of anilines is 1. The first-order chi connectivity index (χ1) is 10.1. The van der Waals surface area contributed by atoms with Gasteiger partial charge in [-0.25, -0.2) is 0 Å². The Morgan fingerprint density at radius 2 is 2.05 bits per heavy atom. The summed E-state index contributed by atoms with van der Waals surface area (Å²) in [5, 5.41) is 0. The molecule has 1 aliphatic heterocycles. The zero-order valence-corrected chi connectivity index (χ0v) is 11.7. The van der Waals surface area contributed by atoms with Gasteiger partial charge >= 0.3 is 0 Å².